The van der Waals surface area contributed by atoms with E-state index in [4.69, 9.17) is 14.2 Å². The van der Waals surface area contributed by atoms with Gasteiger partial charge in [-0.2, -0.15) is 0 Å². The molecule has 1 amide bonds. The first-order valence-electron chi connectivity index (χ1n) is 6.22. The number of nitrogens with zero attached hydrogens (tertiary/aromatic N) is 1. The third kappa shape index (κ3) is 3.95. The number of benzene rings is 1. The van der Waals surface area contributed by atoms with Crippen molar-refractivity contribution >= 4 is 28.3 Å². The summed E-state index contributed by atoms with van der Waals surface area (Å²) in [7, 11) is 2.97. The number of carbonyl (C=O) groups excluding carboxylic acids is 2. The lowest BCUT2D eigenvalue weighted by Gasteiger charge is -2.09. The van der Waals surface area contributed by atoms with Crippen LogP contribution < -0.4 is 14.8 Å². The molecular formula is C14H14N2O5S. The lowest BCUT2D eigenvalue weighted by atomic mass is 10.2. The Morgan fingerprint density at radius 3 is 2.64 bits per heavy atom. The van der Waals surface area contributed by atoms with Crippen LogP contribution in [0.1, 0.15) is 10.4 Å². The van der Waals surface area contributed by atoms with E-state index < -0.39 is 18.5 Å². The summed E-state index contributed by atoms with van der Waals surface area (Å²) in [6.45, 7) is -0.396. The molecule has 0 spiro atoms. The molecule has 0 bridgehead atoms. The number of ether oxygens (including phenoxy) is 3. The van der Waals surface area contributed by atoms with Gasteiger partial charge >= 0.3 is 5.97 Å². The number of carbonyl (C=O) groups is 2. The molecule has 2 rings (SSSR count). The molecule has 0 unspecified atom stereocenters. The van der Waals surface area contributed by atoms with Gasteiger partial charge in [0.05, 0.1) is 19.8 Å². The maximum absolute atomic E-state index is 11.9. The maximum atomic E-state index is 11.9. The minimum absolute atomic E-state index is 0.264. The van der Waals surface area contributed by atoms with Crippen LogP contribution in [0.3, 0.4) is 0 Å². The van der Waals surface area contributed by atoms with E-state index in [1.807, 2.05) is 0 Å². The molecule has 1 aromatic heterocycles. The second kappa shape index (κ2) is 7.41. The highest BCUT2D eigenvalue weighted by molar-refractivity contribution is 7.13. The fourth-order valence-electron chi connectivity index (χ4n) is 1.62. The molecule has 0 saturated carbocycles. The van der Waals surface area contributed by atoms with Gasteiger partial charge in [-0.15, -0.1) is 11.3 Å². The van der Waals surface area contributed by atoms with Crippen molar-refractivity contribution in [3.63, 3.8) is 0 Å². The Morgan fingerprint density at radius 1 is 1.23 bits per heavy atom. The van der Waals surface area contributed by atoms with Crippen LogP contribution in [0.25, 0.3) is 0 Å². The van der Waals surface area contributed by atoms with Crippen molar-refractivity contribution in [1.29, 1.82) is 0 Å². The van der Waals surface area contributed by atoms with E-state index in [0.717, 1.165) is 0 Å². The SMILES string of the molecule is COc1ccc(C(=O)OCC(=O)Nc2nccs2)cc1OC. The van der Waals surface area contributed by atoms with Gasteiger partial charge in [0.2, 0.25) is 0 Å². The molecule has 0 atom stereocenters. The number of thiazole rings is 1. The van der Waals surface area contributed by atoms with Gasteiger partial charge < -0.3 is 14.2 Å². The first-order valence-corrected chi connectivity index (χ1v) is 7.10. The Kier molecular flexibility index (Phi) is 5.31. The molecule has 2 aromatic rings. The van der Waals surface area contributed by atoms with Crippen molar-refractivity contribution < 1.29 is 23.8 Å². The highest BCUT2D eigenvalue weighted by atomic mass is 32.1. The molecule has 1 aromatic carbocycles. The Balaban J connectivity index is 1.93. The van der Waals surface area contributed by atoms with Crippen LogP contribution in [0.4, 0.5) is 5.13 Å². The molecule has 0 fully saturated rings. The second-order valence-electron chi connectivity index (χ2n) is 4.03. The van der Waals surface area contributed by atoms with Gasteiger partial charge in [-0.3, -0.25) is 10.1 Å². The minimum atomic E-state index is -0.629. The summed E-state index contributed by atoms with van der Waals surface area (Å²) in [6, 6.07) is 4.60. The number of aromatic nitrogens is 1. The smallest absolute Gasteiger partial charge is 0.338 e. The topological polar surface area (TPSA) is 86.8 Å². The highest BCUT2D eigenvalue weighted by Gasteiger charge is 2.14. The molecule has 0 aliphatic carbocycles. The fraction of sp³-hybridized carbons (Fsp3) is 0.214. The third-order valence-electron chi connectivity index (χ3n) is 2.63. The predicted octanol–water partition coefficient (Wildman–Crippen LogP) is 1.96. The standard InChI is InChI=1S/C14H14N2O5S/c1-19-10-4-3-9(7-11(10)20-2)13(18)21-8-12(17)16-14-15-5-6-22-14/h3-7H,8H2,1-2H3,(H,15,16,17). The van der Waals surface area contributed by atoms with E-state index in [-0.39, 0.29) is 5.56 Å². The van der Waals surface area contributed by atoms with Crippen LogP contribution >= 0.6 is 11.3 Å². The van der Waals surface area contributed by atoms with Crippen molar-refractivity contribution in [3.8, 4) is 11.5 Å². The zero-order chi connectivity index (χ0) is 15.9. The normalized spacial score (nSPS) is 9.91. The Labute approximate surface area is 130 Å². The number of rotatable bonds is 6. The Morgan fingerprint density at radius 2 is 2.00 bits per heavy atom. The number of amides is 1. The molecule has 0 aliphatic rings. The average molecular weight is 322 g/mol. The molecule has 0 aliphatic heterocycles. The number of methoxy groups -OCH3 is 2. The molecule has 8 heteroatoms. The summed E-state index contributed by atoms with van der Waals surface area (Å²) in [5, 5.41) is 4.69. The van der Waals surface area contributed by atoms with E-state index >= 15 is 0 Å². The number of anilines is 1. The van der Waals surface area contributed by atoms with Gasteiger partial charge in [-0.1, -0.05) is 0 Å². The zero-order valence-electron chi connectivity index (χ0n) is 12.0. The van der Waals surface area contributed by atoms with Crippen LogP contribution in [0.5, 0.6) is 11.5 Å². The van der Waals surface area contributed by atoms with Gasteiger partial charge in [0.25, 0.3) is 5.91 Å². The van der Waals surface area contributed by atoms with Crippen molar-refractivity contribution in [1.82, 2.24) is 4.98 Å². The van der Waals surface area contributed by atoms with Crippen LogP contribution in [0, 0.1) is 0 Å². The van der Waals surface area contributed by atoms with Crippen LogP contribution in [0.2, 0.25) is 0 Å². The van der Waals surface area contributed by atoms with Crippen molar-refractivity contribution in [3.05, 3.63) is 35.3 Å². The van der Waals surface area contributed by atoms with E-state index in [2.05, 4.69) is 10.3 Å². The number of esters is 1. The highest BCUT2D eigenvalue weighted by Crippen LogP contribution is 2.27. The molecule has 0 saturated heterocycles. The lowest BCUT2D eigenvalue weighted by molar-refractivity contribution is -0.119. The van der Waals surface area contributed by atoms with E-state index in [1.165, 1.54) is 37.7 Å². The molecule has 116 valence electrons. The lowest BCUT2D eigenvalue weighted by Crippen LogP contribution is -2.20. The van der Waals surface area contributed by atoms with E-state index in [1.54, 1.807) is 17.6 Å². The largest absolute Gasteiger partial charge is 0.493 e. The Hall–Kier alpha value is -2.61. The average Bonchev–Trinajstić information content (AvgIpc) is 3.04. The zero-order valence-corrected chi connectivity index (χ0v) is 12.8. The van der Waals surface area contributed by atoms with Gasteiger partial charge in [0.15, 0.2) is 23.2 Å². The minimum Gasteiger partial charge on any atom is -0.493 e. The summed E-state index contributed by atoms with van der Waals surface area (Å²) in [5.74, 6) is -0.177. The molecule has 1 N–H and O–H groups in total. The van der Waals surface area contributed by atoms with Gasteiger partial charge in [-0.25, -0.2) is 9.78 Å². The predicted molar refractivity (Wildman–Crippen MR) is 80.6 cm³/mol. The molecule has 1 heterocycles. The summed E-state index contributed by atoms with van der Waals surface area (Å²) < 4.78 is 15.1. The summed E-state index contributed by atoms with van der Waals surface area (Å²) >= 11 is 1.28. The number of hydrogen-bond donors (Lipinski definition) is 1. The fourth-order valence-corrected chi connectivity index (χ4v) is 2.16. The molecule has 0 radical (unpaired) electrons. The first-order chi connectivity index (χ1) is 10.6. The van der Waals surface area contributed by atoms with Crippen molar-refractivity contribution in [2.75, 3.05) is 26.1 Å². The van der Waals surface area contributed by atoms with Crippen LogP contribution in [-0.2, 0) is 9.53 Å². The summed E-state index contributed by atoms with van der Waals surface area (Å²) in [6.07, 6.45) is 1.57. The number of hydrogen-bond acceptors (Lipinski definition) is 7. The summed E-state index contributed by atoms with van der Waals surface area (Å²) in [4.78, 5) is 27.4. The summed E-state index contributed by atoms with van der Waals surface area (Å²) in [5.41, 5.74) is 0.264. The van der Waals surface area contributed by atoms with Crippen molar-refractivity contribution in [2.45, 2.75) is 0 Å². The van der Waals surface area contributed by atoms with Gasteiger partial charge in [0, 0.05) is 11.6 Å². The maximum Gasteiger partial charge on any atom is 0.338 e. The molecular weight excluding hydrogens is 308 g/mol. The quantitative estimate of drug-likeness (QED) is 0.818. The number of nitrogens with one attached hydrogen (secondary N) is 1. The van der Waals surface area contributed by atoms with Crippen molar-refractivity contribution in [2.24, 2.45) is 0 Å². The van der Waals surface area contributed by atoms with E-state index in [0.29, 0.717) is 16.6 Å². The monoisotopic (exact) mass is 322 g/mol. The first kappa shape index (κ1) is 15.8. The second-order valence-corrected chi connectivity index (χ2v) is 4.93. The molecule has 7 nitrogen and oxygen atoms in total. The van der Waals surface area contributed by atoms with Gasteiger partial charge in [0.1, 0.15) is 0 Å². The van der Waals surface area contributed by atoms with Crippen LogP contribution in [-0.4, -0.2) is 37.7 Å². The molecule has 22 heavy (non-hydrogen) atoms. The van der Waals surface area contributed by atoms with Crippen LogP contribution in [0.15, 0.2) is 29.8 Å². The third-order valence-corrected chi connectivity index (χ3v) is 3.32. The van der Waals surface area contributed by atoms with Gasteiger partial charge in [-0.05, 0) is 18.2 Å². The van der Waals surface area contributed by atoms with E-state index in [9.17, 15) is 9.59 Å². The Bertz CT molecular complexity index is 657.